The maximum absolute atomic E-state index is 11.9. The summed E-state index contributed by atoms with van der Waals surface area (Å²) >= 11 is 0. The Hall–Kier alpha value is -1.64. The van der Waals surface area contributed by atoms with E-state index in [9.17, 15) is 9.59 Å². The second-order valence-electron chi connectivity index (χ2n) is 5.41. The Kier molecular flexibility index (Phi) is 5.28. The quantitative estimate of drug-likeness (QED) is 0.738. The van der Waals surface area contributed by atoms with Crippen molar-refractivity contribution >= 4 is 11.6 Å². The summed E-state index contributed by atoms with van der Waals surface area (Å²) in [6.45, 7) is 9.42. The Morgan fingerprint density at radius 3 is 2.21 bits per heavy atom. The molecule has 0 aliphatic carbocycles. The van der Waals surface area contributed by atoms with Crippen LogP contribution in [0.4, 0.5) is 0 Å². The van der Waals surface area contributed by atoms with Crippen molar-refractivity contribution in [2.24, 2.45) is 11.8 Å². The molecule has 1 rings (SSSR count). The first-order chi connectivity index (χ1) is 8.82. The summed E-state index contributed by atoms with van der Waals surface area (Å²) in [5, 5.41) is 0. The fraction of sp³-hybridized carbons (Fsp3) is 0.500. The molecule has 0 saturated heterocycles. The molecule has 1 aromatic carbocycles. The number of ketones is 2. The summed E-state index contributed by atoms with van der Waals surface area (Å²) in [7, 11) is 0. The average molecular weight is 262 g/mol. The molecule has 0 amide bonds. The number of hydrogen-bond donors (Lipinski definition) is 0. The second kappa shape index (κ2) is 6.50. The van der Waals surface area contributed by atoms with Gasteiger partial charge in [-0.3, -0.25) is 9.59 Å². The molecule has 3 nitrogen and oxygen atoms in total. The number of rotatable bonds is 6. The van der Waals surface area contributed by atoms with Crippen LogP contribution in [0.2, 0.25) is 0 Å². The van der Waals surface area contributed by atoms with Gasteiger partial charge in [-0.25, -0.2) is 0 Å². The standard InChI is InChI=1S/C16H22O3/c1-10(2)15(17)9-19-13-6-7-14(12(5)8-13)16(18)11(3)4/h6-8,10-11H,9H2,1-5H3. The molecule has 0 aromatic heterocycles. The van der Waals surface area contributed by atoms with Crippen LogP contribution >= 0.6 is 0 Å². The van der Waals surface area contributed by atoms with Gasteiger partial charge >= 0.3 is 0 Å². The summed E-state index contributed by atoms with van der Waals surface area (Å²) in [6, 6.07) is 5.33. The topological polar surface area (TPSA) is 43.4 Å². The van der Waals surface area contributed by atoms with Crippen molar-refractivity contribution in [1.82, 2.24) is 0 Å². The molecule has 0 bridgehead atoms. The first kappa shape index (κ1) is 15.4. The van der Waals surface area contributed by atoms with E-state index in [-0.39, 0.29) is 30.0 Å². The van der Waals surface area contributed by atoms with Crippen molar-refractivity contribution in [1.29, 1.82) is 0 Å². The van der Waals surface area contributed by atoms with Gasteiger partial charge in [0, 0.05) is 17.4 Å². The molecule has 0 N–H and O–H groups in total. The first-order valence-electron chi connectivity index (χ1n) is 6.63. The number of carbonyl (C=O) groups is 2. The van der Waals surface area contributed by atoms with Gasteiger partial charge in [0.25, 0.3) is 0 Å². The van der Waals surface area contributed by atoms with E-state index in [0.717, 1.165) is 11.1 Å². The number of aryl methyl sites for hydroxylation is 1. The van der Waals surface area contributed by atoms with Crippen LogP contribution in [0, 0.1) is 18.8 Å². The molecule has 0 radical (unpaired) electrons. The third kappa shape index (κ3) is 4.19. The lowest BCUT2D eigenvalue weighted by molar-refractivity contribution is -0.123. The molecule has 0 fully saturated rings. The monoisotopic (exact) mass is 262 g/mol. The van der Waals surface area contributed by atoms with E-state index < -0.39 is 0 Å². The number of benzene rings is 1. The highest BCUT2D eigenvalue weighted by Crippen LogP contribution is 2.20. The molecule has 3 heteroatoms. The molecular formula is C16H22O3. The first-order valence-corrected chi connectivity index (χ1v) is 6.63. The predicted molar refractivity (Wildman–Crippen MR) is 75.7 cm³/mol. The molecule has 0 unspecified atom stereocenters. The Balaban J connectivity index is 2.77. The lowest BCUT2D eigenvalue weighted by Gasteiger charge is -2.11. The number of carbonyl (C=O) groups excluding carboxylic acids is 2. The zero-order chi connectivity index (χ0) is 14.6. The van der Waals surface area contributed by atoms with Crippen LogP contribution in [-0.4, -0.2) is 18.2 Å². The zero-order valence-electron chi connectivity index (χ0n) is 12.3. The van der Waals surface area contributed by atoms with E-state index >= 15 is 0 Å². The van der Waals surface area contributed by atoms with Gasteiger partial charge in [0.15, 0.2) is 11.6 Å². The van der Waals surface area contributed by atoms with Crippen molar-refractivity contribution in [2.45, 2.75) is 34.6 Å². The number of Topliss-reactive ketones (excluding diaryl/α,β-unsaturated/α-hetero) is 2. The van der Waals surface area contributed by atoms with Gasteiger partial charge in [-0.05, 0) is 30.7 Å². The third-order valence-electron chi connectivity index (χ3n) is 3.01. The van der Waals surface area contributed by atoms with Gasteiger partial charge < -0.3 is 4.74 Å². The predicted octanol–water partition coefficient (Wildman–Crippen LogP) is 3.44. The minimum atomic E-state index is -0.0251. The van der Waals surface area contributed by atoms with Gasteiger partial charge in [0.05, 0.1) is 0 Å². The largest absolute Gasteiger partial charge is 0.486 e. The molecule has 0 spiro atoms. The van der Waals surface area contributed by atoms with Crippen LogP contribution < -0.4 is 4.74 Å². The lowest BCUT2D eigenvalue weighted by Crippen LogP contribution is -2.17. The van der Waals surface area contributed by atoms with Crippen LogP contribution in [0.1, 0.15) is 43.6 Å². The smallest absolute Gasteiger partial charge is 0.172 e. The van der Waals surface area contributed by atoms with Crippen LogP contribution in [-0.2, 0) is 4.79 Å². The molecule has 104 valence electrons. The summed E-state index contributed by atoms with van der Waals surface area (Å²) in [6.07, 6.45) is 0. The molecule has 0 aliphatic rings. The van der Waals surface area contributed by atoms with E-state index in [4.69, 9.17) is 4.74 Å². The Bertz CT molecular complexity index is 473. The summed E-state index contributed by atoms with van der Waals surface area (Å²) < 4.78 is 5.44. The Labute approximate surface area is 115 Å². The molecule has 1 aromatic rings. The SMILES string of the molecule is Cc1cc(OCC(=O)C(C)C)ccc1C(=O)C(C)C. The molecule has 0 atom stereocenters. The molecule has 0 saturated carbocycles. The van der Waals surface area contributed by atoms with E-state index in [0.29, 0.717) is 5.75 Å². The minimum Gasteiger partial charge on any atom is -0.486 e. The fourth-order valence-corrected chi connectivity index (χ4v) is 1.63. The van der Waals surface area contributed by atoms with Crippen molar-refractivity contribution in [3.05, 3.63) is 29.3 Å². The highest BCUT2D eigenvalue weighted by Gasteiger charge is 2.14. The van der Waals surface area contributed by atoms with Crippen LogP contribution in [0.25, 0.3) is 0 Å². The third-order valence-corrected chi connectivity index (χ3v) is 3.01. The van der Waals surface area contributed by atoms with Gasteiger partial charge in [-0.1, -0.05) is 27.7 Å². The molecular weight excluding hydrogens is 240 g/mol. The minimum absolute atomic E-state index is 0.0204. The molecule has 0 aliphatic heterocycles. The maximum atomic E-state index is 11.9. The summed E-state index contributed by atoms with van der Waals surface area (Å²) in [5.74, 6) is 0.782. The summed E-state index contributed by atoms with van der Waals surface area (Å²) in [4.78, 5) is 23.4. The second-order valence-corrected chi connectivity index (χ2v) is 5.41. The van der Waals surface area contributed by atoms with Gasteiger partial charge in [-0.15, -0.1) is 0 Å². The lowest BCUT2D eigenvalue weighted by atomic mass is 9.97. The fourth-order valence-electron chi connectivity index (χ4n) is 1.63. The molecule has 19 heavy (non-hydrogen) atoms. The number of hydrogen-bond acceptors (Lipinski definition) is 3. The van der Waals surface area contributed by atoms with Crippen molar-refractivity contribution in [3.63, 3.8) is 0 Å². The number of ether oxygens (including phenoxy) is 1. The Morgan fingerprint density at radius 2 is 1.74 bits per heavy atom. The van der Waals surface area contributed by atoms with E-state index in [1.165, 1.54) is 0 Å². The van der Waals surface area contributed by atoms with Gasteiger partial charge in [-0.2, -0.15) is 0 Å². The van der Waals surface area contributed by atoms with E-state index in [1.54, 1.807) is 12.1 Å². The van der Waals surface area contributed by atoms with E-state index in [1.807, 2.05) is 40.7 Å². The van der Waals surface area contributed by atoms with Crippen molar-refractivity contribution < 1.29 is 14.3 Å². The van der Waals surface area contributed by atoms with Crippen molar-refractivity contribution in [2.75, 3.05) is 6.61 Å². The molecule has 0 heterocycles. The zero-order valence-corrected chi connectivity index (χ0v) is 12.3. The van der Waals surface area contributed by atoms with Crippen LogP contribution in [0.3, 0.4) is 0 Å². The summed E-state index contributed by atoms with van der Waals surface area (Å²) in [5.41, 5.74) is 1.60. The van der Waals surface area contributed by atoms with E-state index in [2.05, 4.69) is 0 Å². The average Bonchev–Trinajstić information content (AvgIpc) is 2.34. The van der Waals surface area contributed by atoms with Crippen LogP contribution in [0.15, 0.2) is 18.2 Å². The highest BCUT2D eigenvalue weighted by atomic mass is 16.5. The maximum Gasteiger partial charge on any atom is 0.172 e. The van der Waals surface area contributed by atoms with Crippen molar-refractivity contribution in [3.8, 4) is 5.75 Å². The normalized spacial score (nSPS) is 10.9. The van der Waals surface area contributed by atoms with Crippen LogP contribution in [0.5, 0.6) is 5.75 Å². The highest BCUT2D eigenvalue weighted by molar-refractivity contribution is 5.98. The van der Waals surface area contributed by atoms with Gasteiger partial charge in [0.1, 0.15) is 12.4 Å². The van der Waals surface area contributed by atoms with Gasteiger partial charge in [0.2, 0.25) is 0 Å². The Morgan fingerprint density at radius 1 is 1.11 bits per heavy atom.